The number of ether oxygens (including phenoxy) is 1. The van der Waals surface area contributed by atoms with E-state index in [-0.39, 0.29) is 0 Å². The van der Waals surface area contributed by atoms with Crippen molar-refractivity contribution in [3.05, 3.63) is 30.0 Å². The third-order valence-corrected chi connectivity index (χ3v) is 2.74. The van der Waals surface area contributed by atoms with Crippen LogP contribution >= 0.6 is 0 Å². The number of benzene rings is 1. The maximum absolute atomic E-state index is 11.3. The zero-order valence-electron chi connectivity index (χ0n) is 9.57. The first kappa shape index (κ1) is 11.5. The minimum Gasteiger partial charge on any atom is -0.468 e. The van der Waals surface area contributed by atoms with E-state index < -0.39 is 12.0 Å². The van der Waals surface area contributed by atoms with Gasteiger partial charge in [0.15, 0.2) is 0 Å². The molecule has 0 saturated heterocycles. The van der Waals surface area contributed by atoms with Gasteiger partial charge < -0.3 is 21.2 Å². The van der Waals surface area contributed by atoms with Crippen LogP contribution in [0.3, 0.4) is 0 Å². The summed E-state index contributed by atoms with van der Waals surface area (Å²) in [6.45, 7) is 0. The first-order valence-electron chi connectivity index (χ1n) is 5.30. The molecule has 0 amide bonds. The molecule has 0 bridgehead atoms. The number of H-pyrrole nitrogens is 1. The smallest absolute Gasteiger partial charge is 0.322 e. The SMILES string of the molecule is COC(=O)C(N)Cc1c[nH]c2ccc(N)cc12. The van der Waals surface area contributed by atoms with Gasteiger partial charge in [-0.05, 0) is 23.8 Å². The fraction of sp³-hybridized carbons (Fsp3) is 0.250. The lowest BCUT2D eigenvalue weighted by atomic mass is 10.1. The monoisotopic (exact) mass is 233 g/mol. The van der Waals surface area contributed by atoms with E-state index in [1.165, 1.54) is 7.11 Å². The van der Waals surface area contributed by atoms with Gasteiger partial charge in [0.05, 0.1) is 7.11 Å². The summed E-state index contributed by atoms with van der Waals surface area (Å²) in [6, 6.07) is 4.94. The highest BCUT2D eigenvalue weighted by molar-refractivity contribution is 5.87. The van der Waals surface area contributed by atoms with Crippen LogP contribution in [0.5, 0.6) is 0 Å². The number of hydrogen-bond donors (Lipinski definition) is 3. The van der Waals surface area contributed by atoms with E-state index in [2.05, 4.69) is 9.72 Å². The van der Waals surface area contributed by atoms with E-state index in [0.717, 1.165) is 16.5 Å². The predicted molar refractivity (Wildman–Crippen MR) is 66.4 cm³/mol. The Balaban J connectivity index is 2.30. The zero-order valence-corrected chi connectivity index (χ0v) is 9.57. The van der Waals surface area contributed by atoms with Crippen molar-refractivity contribution in [1.82, 2.24) is 4.98 Å². The lowest BCUT2D eigenvalue weighted by molar-refractivity contribution is -0.142. The minimum atomic E-state index is -0.652. The van der Waals surface area contributed by atoms with Gasteiger partial charge in [-0.2, -0.15) is 0 Å². The molecule has 5 N–H and O–H groups in total. The number of carbonyl (C=O) groups is 1. The maximum Gasteiger partial charge on any atom is 0.322 e. The van der Waals surface area contributed by atoms with E-state index in [9.17, 15) is 4.79 Å². The quantitative estimate of drug-likeness (QED) is 0.539. The van der Waals surface area contributed by atoms with Crippen molar-refractivity contribution in [2.75, 3.05) is 12.8 Å². The number of esters is 1. The number of aromatic nitrogens is 1. The first-order valence-corrected chi connectivity index (χ1v) is 5.30. The molecule has 5 heteroatoms. The van der Waals surface area contributed by atoms with Crippen LogP contribution in [0.1, 0.15) is 5.56 Å². The number of fused-ring (bicyclic) bond motifs is 1. The summed E-state index contributed by atoms with van der Waals surface area (Å²) >= 11 is 0. The number of aromatic amines is 1. The topological polar surface area (TPSA) is 94.1 Å². The predicted octanol–water partition coefficient (Wildman–Crippen LogP) is 0.793. The van der Waals surface area contributed by atoms with Crippen LogP contribution in [0.25, 0.3) is 10.9 Å². The molecule has 0 aliphatic heterocycles. The van der Waals surface area contributed by atoms with E-state index >= 15 is 0 Å². The van der Waals surface area contributed by atoms with Gasteiger partial charge in [-0.3, -0.25) is 4.79 Å². The van der Waals surface area contributed by atoms with Gasteiger partial charge >= 0.3 is 5.97 Å². The lowest BCUT2D eigenvalue weighted by Crippen LogP contribution is -2.33. The van der Waals surface area contributed by atoms with Gasteiger partial charge in [0.1, 0.15) is 6.04 Å². The van der Waals surface area contributed by atoms with Gasteiger partial charge in [-0.15, -0.1) is 0 Å². The number of hydrogen-bond acceptors (Lipinski definition) is 4. The molecular weight excluding hydrogens is 218 g/mol. The standard InChI is InChI=1S/C12H15N3O2/c1-17-12(16)10(14)4-7-6-15-11-3-2-8(13)5-9(7)11/h2-3,5-6,10,15H,4,13-14H2,1H3. The Morgan fingerprint density at radius 1 is 1.53 bits per heavy atom. The van der Waals surface area contributed by atoms with Crippen molar-refractivity contribution in [2.45, 2.75) is 12.5 Å². The highest BCUT2D eigenvalue weighted by Crippen LogP contribution is 2.21. The van der Waals surface area contributed by atoms with Gasteiger partial charge in [-0.25, -0.2) is 0 Å². The molecule has 0 aliphatic rings. The van der Waals surface area contributed by atoms with Gasteiger partial charge in [0, 0.05) is 29.2 Å². The lowest BCUT2D eigenvalue weighted by Gasteiger charge is -2.08. The second-order valence-corrected chi connectivity index (χ2v) is 3.95. The molecule has 0 radical (unpaired) electrons. The van der Waals surface area contributed by atoms with E-state index in [1.54, 1.807) is 0 Å². The molecule has 1 heterocycles. The Hall–Kier alpha value is -2.01. The zero-order chi connectivity index (χ0) is 12.4. The van der Waals surface area contributed by atoms with Crippen LogP contribution in [0.4, 0.5) is 5.69 Å². The van der Waals surface area contributed by atoms with Crippen molar-refractivity contribution in [3.63, 3.8) is 0 Å². The van der Waals surface area contributed by atoms with Crippen LogP contribution in [0, 0.1) is 0 Å². The van der Waals surface area contributed by atoms with E-state index in [0.29, 0.717) is 12.1 Å². The molecule has 1 atom stereocenters. The second kappa shape index (κ2) is 4.47. The van der Waals surface area contributed by atoms with Crippen molar-refractivity contribution < 1.29 is 9.53 Å². The Morgan fingerprint density at radius 3 is 3.00 bits per heavy atom. The molecule has 0 aliphatic carbocycles. The molecule has 1 aromatic heterocycles. The Kier molecular flexibility index (Phi) is 3.01. The van der Waals surface area contributed by atoms with Crippen LogP contribution in [-0.2, 0) is 16.0 Å². The minimum absolute atomic E-state index is 0.414. The number of methoxy groups -OCH3 is 1. The van der Waals surface area contributed by atoms with Crippen LogP contribution < -0.4 is 11.5 Å². The normalized spacial score (nSPS) is 12.6. The Morgan fingerprint density at radius 2 is 2.29 bits per heavy atom. The van der Waals surface area contributed by atoms with Crippen LogP contribution in [0.2, 0.25) is 0 Å². The third-order valence-electron chi connectivity index (χ3n) is 2.74. The molecule has 2 aromatic rings. The summed E-state index contributed by atoms with van der Waals surface area (Å²) in [5, 5.41) is 0.990. The molecule has 17 heavy (non-hydrogen) atoms. The average molecular weight is 233 g/mol. The third kappa shape index (κ3) is 2.24. The van der Waals surface area contributed by atoms with Crippen molar-refractivity contribution in [3.8, 4) is 0 Å². The fourth-order valence-electron chi connectivity index (χ4n) is 1.84. The summed E-state index contributed by atoms with van der Waals surface area (Å²) in [7, 11) is 1.33. The number of carbonyl (C=O) groups excluding carboxylic acids is 1. The maximum atomic E-state index is 11.3. The largest absolute Gasteiger partial charge is 0.468 e. The number of rotatable bonds is 3. The summed E-state index contributed by atoms with van der Waals surface area (Å²) in [4.78, 5) is 14.4. The van der Waals surface area contributed by atoms with E-state index in [1.807, 2.05) is 24.4 Å². The summed E-state index contributed by atoms with van der Waals surface area (Å²) < 4.78 is 4.60. The second-order valence-electron chi connectivity index (χ2n) is 3.95. The number of nitrogens with one attached hydrogen (secondary N) is 1. The van der Waals surface area contributed by atoms with Crippen LogP contribution in [-0.4, -0.2) is 24.1 Å². The first-order chi connectivity index (χ1) is 8.11. The summed E-state index contributed by atoms with van der Waals surface area (Å²) in [5.41, 5.74) is 14.1. The van der Waals surface area contributed by atoms with E-state index in [4.69, 9.17) is 11.5 Å². The van der Waals surface area contributed by atoms with Crippen LogP contribution in [0.15, 0.2) is 24.4 Å². The number of nitrogens with two attached hydrogens (primary N) is 2. The Labute approximate surface area is 98.7 Å². The molecule has 0 fully saturated rings. The van der Waals surface area contributed by atoms with Crippen molar-refractivity contribution >= 4 is 22.6 Å². The molecule has 5 nitrogen and oxygen atoms in total. The van der Waals surface area contributed by atoms with Crippen molar-refractivity contribution in [2.24, 2.45) is 5.73 Å². The molecule has 0 saturated carbocycles. The number of anilines is 1. The highest BCUT2D eigenvalue weighted by Gasteiger charge is 2.16. The molecular formula is C12H15N3O2. The summed E-state index contributed by atoms with van der Waals surface area (Å²) in [6.07, 6.45) is 2.27. The van der Waals surface area contributed by atoms with Crippen molar-refractivity contribution in [1.29, 1.82) is 0 Å². The molecule has 1 aromatic carbocycles. The highest BCUT2D eigenvalue weighted by atomic mass is 16.5. The molecule has 90 valence electrons. The van der Waals surface area contributed by atoms with Gasteiger partial charge in [0.25, 0.3) is 0 Å². The van der Waals surface area contributed by atoms with Gasteiger partial charge in [-0.1, -0.05) is 0 Å². The van der Waals surface area contributed by atoms with Gasteiger partial charge in [0.2, 0.25) is 0 Å². The molecule has 1 unspecified atom stereocenters. The molecule has 0 spiro atoms. The average Bonchev–Trinajstić information content (AvgIpc) is 2.71. The molecule has 2 rings (SSSR count). The number of nitrogen functional groups attached to an aromatic ring is 1. The fourth-order valence-corrected chi connectivity index (χ4v) is 1.84. The summed E-state index contributed by atoms with van der Waals surface area (Å²) in [5.74, 6) is -0.414. The Bertz CT molecular complexity index is 548.